The molecule has 0 spiro atoms. The molecule has 1 saturated heterocycles. The molecule has 2 rings (SSSR count). The Balaban J connectivity index is 2.16. The van der Waals surface area contributed by atoms with Gasteiger partial charge in [0.05, 0.1) is 0 Å². The second kappa shape index (κ2) is 7.63. The molecule has 1 aliphatic rings. The van der Waals surface area contributed by atoms with Crippen LogP contribution in [0.1, 0.15) is 53.3 Å². The predicted octanol–water partition coefficient (Wildman–Crippen LogP) is 2.51. The fraction of sp³-hybridized carbons (Fsp3) is 0.778. The molecule has 1 fully saturated rings. The van der Waals surface area contributed by atoms with Gasteiger partial charge < -0.3 is 19.4 Å². The van der Waals surface area contributed by atoms with E-state index in [9.17, 15) is 4.79 Å². The summed E-state index contributed by atoms with van der Waals surface area (Å²) in [6.45, 7) is 13.7. The summed E-state index contributed by atoms with van der Waals surface area (Å²) < 4.78 is 5.51. The zero-order valence-corrected chi connectivity index (χ0v) is 17.3. The smallest absolute Gasteiger partial charge is 0.410 e. The first-order valence-corrected chi connectivity index (χ1v) is 9.16. The van der Waals surface area contributed by atoms with E-state index in [4.69, 9.17) is 4.74 Å². The first kappa shape index (κ1) is 20.2. The summed E-state index contributed by atoms with van der Waals surface area (Å²) in [4.78, 5) is 31.9. The minimum absolute atomic E-state index is 0.0145. The molecule has 8 heteroatoms. The third-order valence-corrected chi connectivity index (χ3v) is 4.08. The SMILES string of the molecule is CC(C)c1nc(N(C)C)nc(N2CCN(C(=O)OC(C)(C)C)[C@H](C)C2)n1. The van der Waals surface area contributed by atoms with E-state index in [0.29, 0.717) is 31.5 Å². The monoisotopic (exact) mass is 364 g/mol. The van der Waals surface area contributed by atoms with Crippen molar-refractivity contribution in [1.82, 2.24) is 19.9 Å². The zero-order chi connectivity index (χ0) is 19.6. The minimum Gasteiger partial charge on any atom is -0.444 e. The third-order valence-electron chi connectivity index (χ3n) is 4.08. The molecular formula is C18H32N6O2. The average Bonchev–Trinajstić information content (AvgIpc) is 2.52. The Morgan fingerprint density at radius 3 is 2.35 bits per heavy atom. The van der Waals surface area contributed by atoms with E-state index in [1.165, 1.54) is 0 Å². The summed E-state index contributed by atoms with van der Waals surface area (Å²) in [7, 11) is 3.85. The maximum atomic E-state index is 12.4. The van der Waals surface area contributed by atoms with Gasteiger partial charge in [0.15, 0.2) is 0 Å². The lowest BCUT2D eigenvalue weighted by Gasteiger charge is -2.40. The average molecular weight is 364 g/mol. The molecule has 1 atom stereocenters. The number of hydrogen-bond acceptors (Lipinski definition) is 7. The van der Waals surface area contributed by atoms with Crippen molar-refractivity contribution in [3.8, 4) is 0 Å². The molecule has 146 valence electrons. The van der Waals surface area contributed by atoms with Crippen LogP contribution in [0.4, 0.5) is 16.7 Å². The largest absolute Gasteiger partial charge is 0.444 e. The highest BCUT2D eigenvalue weighted by Crippen LogP contribution is 2.21. The molecule has 1 aromatic rings. The lowest BCUT2D eigenvalue weighted by atomic mass is 10.2. The Hall–Kier alpha value is -2.12. The Morgan fingerprint density at radius 2 is 1.85 bits per heavy atom. The number of piperazine rings is 1. The molecule has 26 heavy (non-hydrogen) atoms. The molecule has 8 nitrogen and oxygen atoms in total. The normalized spacial score (nSPS) is 18.3. The van der Waals surface area contributed by atoms with E-state index in [-0.39, 0.29) is 18.1 Å². The van der Waals surface area contributed by atoms with Crippen LogP contribution in [0.25, 0.3) is 0 Å². The first-order chi connectivity index (χ1) is 12.0. The minimum atomic E-state index is -0.491. The van der Waals surface area contributed by atoms with Gasteiger partial charge in [-0.25, -0.2) is 4.79 Å². The van der Waals surface area contributed by atoms with Crippen LogP contribution in [0.3, 0.4) is 0 Å². The van der Waals surface area contributed by atoms with Gasteiger partial charge in [-0.05, 0) is 27.7 Å². The van der Waals surface area contributed by atoms with Gasteiger partial charge >= 0.3 is 6.09 Å². The van der Waals surface area contributed by atoms with Crippen LogP contribution in [0, 0.1) is 0 Å². The van der Waals surface area contributed by atoms with Crippen molar-refractivity contribution in [2.75, 3.05) is 43.5 Å². The second-order valence-electron chi connectivity index (χ2n) is 8.31. The Morgan fingerprint density at radius 1 is 1.19 bits per heavy atom. The van der Waals surface area contributed by atoms with E-state index in [0.717, 1.165) is 5.82 Å². The molecule has 0 saturated carbocycles. The van der Waals surface area contributed by atoms with E-state index in [2.05, 4.69) is 33.7 Å². The molecule has 0 N–H and O–H groups in total. The van der Waals surface area contributed by atoms with Crippen LogP contribution in [-0.4, -0.2) is 71.3 Å². The van der Waals surface area contributed by atoms with Gasteiger partial charge in [-0.2, -0.15) is 15.0 Å². The lowest BCUT2D eigenvalue weighted by molar-refractivity contribution is 0.0158. The van der Waals surface area contributed by atoms with Gasteiger partial charge in [-0.15, -0.1) is 0 Å². The summed E-state index contributed by atoms with van der Waals surface area (Å²) in [5.41, 5.74) is -0.491. The van der Waals surface area contributed by atoms with Gasteiger partial charge in [0.2, 0.25) is 11.9 Å². The van der Waals surface area contributed by atoms with Gasteiger partial charge in [-0.3, -0.25) is 0 Å². The molecule has 0 aromatic carbocycles. The fourth-order valence-corrected chi connectivity index (χ4v) is 2.70. The summed E-state index contributed by atoms with van der Waals surface area (Å²) in [6.07, 6.45) is -0.267. The predicted molar refractivity (Wildman–Crippen MR) is 103 cm³/mol. The summed E-state index contributed by atoms with van der Waals surface area (Å²) in [5.74, 6) is 2.32. The van der Waals surface area contributed by atoms with Crippen LogP contribution in [0.2, 0.25) is 0 Å². The number of ether oxygens (including phenoxy) is 1. The fourth-order valence-electron chi connectivity index (χ4n) is 2.70. The highest BCUT2D eigenvalue weighted by molar-refractivity contribution is 5.69. The number of carbonyl (C=O) groups excluding carboxylic acids is 1. The first-order valence-electron chi connectivity index (χ1n) is 9.16. The molecule has 1 amide bonds. The van der Waals surface area contributed by atoms with Crippen molar-refractivity contribution in [1.29, 1.82) is 0 Å². The van der Waals surface area contributed by atoms with Crippen molar-refractivity contribution in [2.45, 2.75) is 59.1 Å². The van der Waals surface area contributed by atoms with Crippen LogP contribution in [0.5, 0.6) is 0 Å². The zero-order valence-electron chi connectivity index (χ0n) is 17.3. The number of amides is 1. The Labute approximate surface area is 156 Å². The van der Waals surface area contributed by atoms with Gasteiger partial charge in [-0.1, -0.05) is 13.8 Å². The number of nitrogens with zero attached hydrogens (tertiary/aromatic N) is 6. The molecule has 0 unspecified atom stereocenters. The van der Waals surface area contributed by atoms with E-state index in [1.54, 1.807) is 4.90 Å². The van der Waals surface area contributed by atoms with E-state index in [1.807, 2.05) is 46.7 Å². The second-order valence-corrected chi connectivity index (χ2v) is 8.31. The molecule has 0 bridgehead atoms. The summed E-state index contributed by atoms with van der Waals surface area (Å²) >= 11 is 0. The number of carbonyl (C=O) groups is 1. The van der Waals surface area contributed by atoms with E-state index < -0.39 is 5.60 Å². The highest BCUT2D eigenvalue weighted by atomic mass is 16.6. The van der Waals surface area contributed by atoms with Crippen LogP contribution >= 0.6 is 0 Å². The summed E-state index contributed by atoms with van der Waals surface area (Å²) in [5, 5.41) is 0. The standard InChI is InChI=1S/C18H32N6O2/c1-12(2)14-19-15(22(7)8)21-16(20-14)23-9-10-24(13(3)11-23)17(25)26-18(4,5)6/h12-13H,9-11H2,1-8H3/t13-/m1/s1. The van der Waals surface area contributed by atoms with Gasteiger partial charge in [0.1, 0.15) is 11.4 Å². The Bertz CT molecular complexity index is 615. The summed E-state index contributed by atoms with van der Waals surface area (Å²) in [6, 6.07) is 0.0145. The molecule has 0 aliphatic carbocycles. The molecule has 0 radical (unpaired) electrons. The van der Waals surface area contributed by atoms with Crippen LogP contribution < -0.4 is 9.80 Å². The van der Waals surface area contributed by atoms with Crippen molar-refractivity contribution >= 4 is 18.0 Å². The van der Waals surface area contributed by atoms with Crippen molar-refractivity contribution < 1.29 is 9.53 Å². The van der Waals surface area contributed by atoms with Crippen LogP contribution in [0.15, 0.2) is 0 Å². The van der Waals surface area contributed by atoms with Crippen molar-refractivity contribution in [2.24, 2.45) is 0 Å². The molecule has 2 heterocycles. The van der Waals surface area contributed by atoms with Gasteiger partial charge in [0.25, 0.3) is 0 Å². The van der Waals surface area contributed by atoms with Crippen molar-refractivity contribution in [3.05, 3.63) is 5.82 Å². The van der Waals surface area contributed by atoms with Gasteiger partial charge in [0, 0.05) is 45.7 Å². The lowest BCUT2D eigenvalue weighted by Crippen LogP contribution is -2.55. The topological polar surface area (TPSA) is 74.7 Å². The number of aromatic nitrogens is 3. The molecule has 1 aromatic heterocycles. The van der Waals surface area contributed by atoms with Crippen molar-refractivity contribution in [3.63, 3.8) is 0 Å². The number of hydrogen-bond donors (Lipinski definition) is 0. The molecular weight excluding hydrogens is 332 g/mol. The molecule has 1 aliphatic heterocycles. The number of rotatable bonds is 3. The quantitative estimate of drug-likeness (QED) is 0.816. The maximum absolute atomic E-state index is 12.4. The highest BCUT2D eigenvalue weighted by Gasteiger charge is 2.32. The number of anilines is 2. The van der Waals surface area contributed by atoms with Crippen LogP contribution in [-0.2, 0) is 4.74 Å². The third kappa shape index (κ3) is 4.95. The van der Waals surface area contributed by atoms with E-state index >= 15 is 0 Å². The Kier molecular flexibility index (Phi) is 5.93. The maximum Gasteiger partial charge on any atom is 0.410 e.